The molecule has 1 aromatic heterocycles. The van der Waals surface area contributed by atoms with Gasteiger partial charge in [-0.25, -0.2) is 9.18 Å². The molecule has 1 heterocycles. The topological polar surface area (TPSA) is 176 Å². The summed E-state index contributed by atoms with van der Waals surface area (Å²) in [5.41, 5.74) is 11.8. The number of aromatic nitrogens is 1. The van der Waals surface area contributed by atoms with Gasteiger partial charge in [0.2, 0.25) is 5.91 Å². The molecule has 2 aromatic carbocycles. The number of nitrogens with one attached hydrogen (secondary N) is 3. The second kappa shape index (κ2) is 11.6. The lowest BCUT2D eigenvalue weighted by Gasteiger charge is -2.15. The standard InChI is InChI=1S/C24H27FN6O4/c25-20-16-5-1-2-6-17(16)30-21(20)22(33)31-18(23(34)35)13-14-8-10-15(11-9-14)29-19(32)7-3-4-12-28-24(26)27/h1-2,5-6,8-11,18,30H,3-4,7,12-13H2,(H,29,32)(H,31,33)(H,34,35)(H4,26,27,28)/t18-/m0/s1. The summed E-state index contributed by atoms with van der Waals surface area (Å²) < 4.78 is 14.6. The number of nitrogens with zero attached hydrogens (tertiary/aromatic N) is 1. The SMILES string of the molecule is NC(N)=NCCCCC(=O)Nc1ccc(C[C@H](NC(=O)c2[nH]c3ccccc3c2F)C(=O)O)cc1. The van der Waals surface area contributed by atoms with E-state index >= 15 is 0 Å². The quantitative estimate of drug-likeness (QED) is 0.139. The molecule has 0 spiro atoms. The van der Waals surface area contributed by atoms with Crippen LogP contribution in [0.1, 0.15) is 35.3 Å². The van der Waals surface area contributed by atoms with Crippen molar-refractivity contribution < 1.29 is 23.9 Å². The second-order valence-corrected chi connectivity index (χ2v) is 7.94. The number of carboxylic acid groups (broad SMARTS) is 1. The zero-order valence-electron chi connectivity index (χ0n) is 18.9. The van der Waals surface area contributed by atoms with Gasteiger partial charge >= 0.3 is 5.97 Å². The summed E-state index contributed by atoms with van der Waals surface area (Å²) in [5, 5.41) is 14.9. The molecule has 0 saturated carbocycles. The van der Waals surface area contributed by atoms with Crippen LogP contribution in [0.15, 0.2) is 53.5 Å². The molecule has 10 nitrogen and oxygen atoms in total. The molecule has 8 N–H and O–H groups in total. The molecule has 1 atom stereocenters. The summed E-state index contributed by atoms with van der Waals surface area (Å²) in [4.78, 5) is 42.9. The lowest BCUT2D eigenvalue weighted by Crippen LogP contribution is -2.42. The Labute approximate surface area is 200 Å². The third-order valence-corrected chi connectivity index (χ3v) is 5.26. The summed E-state index contributed by atoms with van der Waals surface area (Å²) in [6.45, 7) is 0.457. The van der Waals surface area contributed by atoms with Crippen molar-refractivity contribution in [2.24, 2.45) is 16.5 Å². The molecule has 2 amide bonds. The molecular formula is C24H27FN6O4. The van der Waals surface area contributed by atoms with Gasteiger partial charge in [0.1, 0.15) is 11.7 Å². The van der Waals surface area contributed by atoms with Gasteiger partial charge in [0, 0.05) is 36.0 Å². The van der Waals surface area contributed by atoms with Gasteiger partial charge in [-0.15, -0.1) is 0 Å². The number of unbranched alkanes of at least 4 members (excludes halogenated alkanes) is 1. The van der Waals surface area contributed by atoms with Crippen molar-refractivity contribution in [3.8, 4) is 0 Å². The predicted molar refractivity (Wildman–Crippen MR) is 130 cm³/mol. The van der Waals surface area contributed by atoms with Crippen LogP contribution in [0.2, 0.25) is 0 Å². The van der Waals surface area contributed by atoms with E-state index in [-0.39, 0.29) is 29.4 Å². The number of nitrogens with two attached hydrogens (primary N) is 2. The molecule has 0 saturated heterocycles. The monoisotopic (exact) mass is 482 g/mol. The van der Waals surface area contributed by atoms with Gasteiger partial charge in [-0.1, -0.05) is 24.3 Å². The maximum absolute atomic E-state index is 14.6. The van der Waals surface area contributed by atoms with E-state index in [0.29, 0.717) is 42.6 Å². The van der Waals surface area contributed by atoms with Crippen LogP contribution in [0.3, 0.4) is 0 Å². The summed E-state index contributed by atoms with van der Waals surface area (Å²) in [6, 6.07) is 11.8. The fourth-order valence-electron chi connectivity index (χ4n) is 3.48. The van der Waals surface area contributed by atoms with Crippen molar-refractivity contribution in [2.45, 2.75) is 31.7 Å². The molecule has 184 valence electrons. The first-order valence-corrected chi connectivity index (χ1v) is 11.0. The molecule has 3 aromatic rings. The molecule has 35 heavy (non-hydrogen) atoms. The number of carbonyl (C=O) groups excluding carboxylic acids is 2. The smallest absolute Gasteiger partial charge is 0.326 e. The predicted octanol–water partition coefficient (Wildman–Crippen LogP) is 2.11. The fraction of sp³-hybridized carbons (Fsp3) is 0.250. The fourth-order valence-corrected chi connectivity index (χ4v) is 3.48. The Morgan fingerprint density at radius 1 is 1.06 bits per heavy atom. The zero-order chi connectivity index (χ0) is 25.4. The molecule has 0 radical (unpaired) electrons. The van der Waals surface area contributed by atoms with Gasteiger partial charge < -0.3 is 32.2 Å². The summed E-state index contributed by atoms with van der Waals surface area (Å²) in [5.74, 6) is -3.00. The number of halogens is 1. The number of aliphatic carboxylic acids is 1. The Morgan fingerprint density at radius 2 is 1.77 bits per heavy atom. The maximum atomic E-state index is 14.6. The lowest BCUT2D eigenvalue weighted by molar-refractivity contribution is -0.139. The van der Waals surface area contributed by atoms with E-state index in [2.05, 4.69) is 20.6 Å². The van der Waals surface area contributed by atoms with E-state index in [1.807, 2.05) is 0 Å². The highest BCUT2D eigenvalue weighted by Gasteiger charge is 2.25. The highest BCUT2D eigenvalue weighted by molar-refractivity contribution is 6.00. The van der Waals surface area contributed by atoms with Crippen LogP contribution in [0.4, 0.5) is 10.1 Å². The summed E-state index contributed by atoms with van der Waals surface area (Å²) in [7, 11) is 0. The highest BCUT2D eigenvalue weighted by atomic mass is 19.1. The minimum absolute atomic E-state index is 0.0178. The van der Waals surface area contributed by atoms with Crippen molar-refractivity contribution in [2.75, 3.05) is 11.9 Å². The number of carbonyl (C=O) groups is 3. The van der Waals surface area contributed by atoms with Gasteiger partial charge in [0.15, 0.2) is 11.8 Å². The number of hydrogen-bond acceptors (Lipinski definition) is 4. The van der Waals surface area contributed by atoms with Crippen molar-refractivity contribution in [3.05, 3.63) is 65.6 Å². The molecule has 0 aliphatic carbocycles. The average Bonchev–Trinajstić information content (AvgIpc) is 3.16. The Morgan fingerprint density at radius 3 is 2.43 bits per heavy atom. The van der Waals surface area contributed by atoms with Crippen molar-refractivity contribution in [3.63, 3.8) is 0 Å². The van der Waals surface area contributed by atoms with E-state index in [0.717, 1.165) is 0 Å². The van der Waals surface area contributed by atoms with Crippen LogP contribution in [0, 0.1) is 5.82 Å². The first-order chi connectivity index (χ1) is 16.7. The Kier molecular flexibility index (Phi) is 8.38. The van der Waals surface area contributed by atoms with Gasteiger partial charge in [-0.05, 0) is 42.7 Å². The van der Waals surface area contributed by atoms with Gasteiger partial charge in [0.05, 0.1) is 0 Å². The number of rotatable bonds is 11. The van der Waals surface area contributed by atoms with Crippen LogP contribution in [0.25, 0.3) is 10.9 Å². The van der Waals surface area contributed by atoms with Crippen LogP contribution in [-0.4, -0.2) is 46.4 Å². The lowest BCUT2D eigenvalue weighted by atomic mass is 10.1. The largest absolute Gasteiger partial charge is 0.480 e. The van der Waals surface area contributed by atoms with E-state index in [1.165, 1.54) is 6.07 Å². The molecular weight excluding hydrogens is 455 g/mol. The van der Waals surface area contributed by atoms with Crippen LogP contribution < -0.4 is 22.1 Å². The Bertz CT molecular complexity index is 1230. The minimum atomic E-state index is -1.28. The van der Waals surface area contributed by atoms with Crippen molar-refractivity contribution >= 4 is 40.3 Å². The second-order valence-electron chi connectivity index (χ2n) is 7.94. The molecule has 3 rings (SSSR count). The van der Waals surface area contributed by atoms with Gasteiger partial charge in [-0.3, -0.25) is 14.6 Å². The summed E-state index contributed by atoms with van der Waals surface area (Å²) >= 11 is 0. The number of anilines is 1. The number of guanidine groups is 1. The van der Waals surface area contributed by atoms with E-state index in [9.17, 15) is 23.9 Å². The van der Waals surface area contributed by atoms with E-state index < -0.39 is 23.7 Å². The third-order valence-electron chi connectivity index (χ3n) is 5.26. The number of aliphatic imine (C=N–C) groups is 1. The van der Waals surface area contributed by atoms with E-state index in [4.69, 9.17) is 11.5 Å². The van der Waals surface area contributed by atoms with Crippen molar-refractivity contribution in [1.29, 1.82) is 0 Å². The maximum Gasteiger partial charge on any atom is 0.326 e. The van der Waals surface area contributed by atoms with Crippen LogP contribution in [-0.2, 0) is 16.0 Å². The number of carboxylic acids is 1. The highest BCUT2D eigenvalue weighted by Crippen LogP contribution is 2.20. The average molecular weight is 483 g/mol. The number of benzene rings is 2. The number of hydrogen-bond donors (Lipinski definition) is 6. The first-order valence-electron chi connectivity index (χ1n) is 11.0. The van der Waals surface area contributed by atoms with E-state index in [1.54, 1.807) is 42.5 Å². The molecule has 0 aliphatic rings. The summed E-state index contributed by atoms with van der Waals surface area (Å²) in [6.07, 6.45) is 1.58. The molecule has 0 aliphatic heterocycles. The normalized spacial score (nSPS) is 11.6. The van der Waals surface area contributed by atoms with Crippen LogP contribution in [0.5, 0.6) is 0 Å². The number of H-pyrrole nitrogens is 1. The zero-order valence-corrected chi connectivity index (χ0v) is 18.9. The number of para-hydroxylation sites is 1. The third kappa shape index (κ3) is 7.03. The number of fused-ring (bicyclic) bond motifs is 1. The molecule has 0 unspecified atom stereocenters. The molecule has 11 heteroatoms. The van der Waals surface area contributed by atoms with Crippen molar-refractivity contribution in [1.82, 2.24) is 10.3 Å². The van der Waals surface area contributed by atoms with Crippen LogP contribution >= 0.6 is 0 Å². The first kappa shape index (κ1) is 25.2. The Hall–Kier alpha value is -4.41. The van der Waals surface area contributed by atoms with Gasteiger partial charge in [-0.2, -0.15) is 0 Å². The van der Waals surface area contributed by atoms with Gasteiger partial charge in [0.25, 0.3) is 5.91 Å². The number of aromatic amines is 1. The molecule has 0 fully saturated rings. The Balaban J connectivity index is 1.55. The minimum Gasteiger partial charge on any atom is -0.480 e. The molecule has 0 bridgehead atoms. The number of amides is 2.